The highest BCUT2D eigenvalue weighted by Crippen LogP contribution is 2.43. The summed E-state index contributed by atoms with van der Waals surface area (Å²) in [6.07, 6.45) is 9.64. The summed E-state index contributed by atoms with van der Waals surface area (Å²) < 4.78 is 0. The topological polar surface area (TPSA) is 49.9 Å². The molecule has 238 valence electrons. The molecule has 4 aromatic carbocycles. The molecule has 2 nitrogen and oxygen atoms in total. The molecule has 45 heavy (non-hydrogen) atoms. The first-order chi connectivity index (χ1) is 21.8. The summed E-state index contributed by atoms with van der Waals surface area (Å²) >= 11 is 0. The highest BCUT2D eigenvalue weighted by atomic mass is 14.4. The van der Waals surface area contributed by atoms with E-state index < -0.39 is 0 Å². The van der Waals surface area contributed by atoms with E-state index in [0.717, 1.165) is 6.42 Å². The third-order valence-electron chi connectivity index (χ3n) is 7.93. The highest BCUT2D eigenvalue weighted by Gasteiger charge is 2.24. The fourth-order valence-corrected chi connectivity index (χ4v) is 5.17. The molecule has 1 aliphatic carbocycles. The smallest absolute Gasteiger partial charge is 0.0146 e. The standard InChI is InChI=1S/C34H32.C4H10.C3H6.CH5N.CH3N/c1-5-9-25-12-14-27(15-13-25)33-23-29-22-28(18-21-32(29)24(33)2)26-16-19-31(20-17-26)34(3,4)30-10-7-6-8-11-30;1-3-4-2;1-3-2;2*1-2/h5-8,10-24H,1,9H2,2-4H3;3-4H2,1-2H3;3H,1H2,2H3;2H2,1H3;2H,1H2. The van der Waals surface area contributed by atoms with E-state index in [9.17, 15) is 0 Å². The summed E-state index contributed by atoms with van der Waals surface area (Å²) in [6.45, 7) is 22.9. The van der Waals surface area contributed by atoms with Gasteiger partial charge in [0.15, 0.2) is 0 Å². The molecule has 0 saturated heterocycles. The minimum atomic E-state index is -0.0218. The molecule has 0 saturated carbocycles. The summed E-state index contributed by atoms with van der Waals surface area (Å²) in [5, 5.41) is 5.50. The van der Waals surface area contributed by atoms with Crippen molar-refractivity contribution in [2.24, 2.45) is 5.73 Å². The summed E-state index contributed by atoms with van der Waals surface area (Å²) in [5.41, 5.74) is 16.5. The van der Waals surface area contributed by atoms with Crippen LogP contribution in [0.5, 0.6) is 0 Å². The van der Waals surface area contributed by atoms with Gasteiger partial charge in [0.2, 0.25) is 0 Å². The molecule has 2 heteroatoms. The van der Waals surface area contributed by atoms with Crippen molar-refractivity contribution in [3.05, 3.63) is 156 Å². The van der Waals surface area contributed by atoms with Gasteiger partial charge in [0, 0.05) is 11.3 Å². The van der Waals surface area contributed by atoms with Crippen LogP contribution in [0.3, 0.4) is 0 Å². The first-order valence-corrected chi connectivity index (χ1v) is 16.0. The molecule has 1 atom stereocenters. The molecule has 0 aliphatic heterocycles. The molecule has 5 rings (SSSR count). The Morgan fingerprint density at radius 2 is 1.22 bits per heavy atom. The normalized spacial score (nSPS) is 12.5. The molecule has 0 heterocycles. The number of unbranched alkanes of at least 4 members (excludes halogenated alkanes) is 1. The van der Waals surface area contributed by atoms with Gasteiger partial charge in [-0.2, -0.15) is 0 Å². The Morgan fingerprint density at radius 1 is 0.733 bits per heavy atom. The number of benzene rings is 4. The van der Waals surface area contributed by atoms with Gasteiger partial charge < -0.3 is 11.1 Å². The Labute approximate surface area is 275 Å². The van der Waals surface area contributed by atoms with Crippen LogP contribution in [-0.2, 0) is 11.8 Å². The average Bonchev–Trinajstić information content (AvgIpc) is 3.43. The second-order valence-corrected chi connectivity index (χ2v) is 11.3. The van der Waals surface area contributed by atoms with E-state index in [1.54, 1.807) is 6.08 Å². The lowest BCUT2D eigenvalue weighted by atomic mass is 9.78. The van der Waals surface area contributed by atoms with Crippen LogP contribution in [0.15, 0.2) is 122 Å². The average molecular weight is 601 g/mol. The number of allylic oxidation sites excluding steroid dienone is 3. The van der Waals surface area contributed by atoms with Crippen LogP contribution < -0.4 is 5.73 Å². The summed E-state index contributed by atoms with van der Waals surface area (Å²) in [4.78, 5) is 0. The zero-order valence-corrected chi connectivity index (χ0v) is 28.9. The third kappa shape index (κ3) is 10.7. The molecule has 0 amide bonds. The molecule has 1 aliphatic rings. The van der Waals surface area contributed by atoms with Crippen LogP contribution in [-0.4, -0.2) is 13.8 Å². The second-order valence-electron chi connectivity index (χ2n) is 11.3. The largest absolute Gasteiger partial charge is 0.333 e. The van der Waals surface area contributed by atoms with Gasteiger partial charge in [-0.25, -0.2) is 0 Å². The molecule has 0 aromatic heterocycles. The lowest BCUT2D eigenvalue weighted by Gasteiger charge is -2.26. The van der Waals surface area contributed by atoms with E-state index in [-0.39, 0.29) is 5.41 Å². The molecule has 0 fully saturated rings. The maximum absolute atomic E-state index is 5.50. The van der Waals surface area contributed by atoms with Gasteiger partial charge in [0.1, 0.15) is 0 Å². The van der Waals surface area contributed by atoms with E-state index in [1.807, 2.05) is 13.0 Å². The first kappa shape index (κ1) is 38.8. The number of fused-ring (bicyclic) bond motifs is 1. The van der Waals surface area contributed by atoms with Crippen LogP contribution in [0, 0.1) is 5.41 Å². The Balaban J connectivity index is 0.000000815. The first-order valence-electron chi connectivity index (χ1n) is 16.0. The van der Waals surface area contributed by atoms with Gasteiger partial charge in [0.25, 0.3) is 0 Å². The van der Waals surface area contributed by atoms with Crippen molar-refractivity contribution in [3.63, 3.8) is 0 Å². The quantitative estimate of drug-likeness (QED) is 0.161. The van der Waals surface area contributed by atoms with Gasteiger partial charge in [-0.15, -0.1) is 13.2 Å². The van der Waals surface area contributed by atoms with Crippen LogP contribution in [0.1, 0.15) is 93.7 Å². The predicted molar refractivity (Wildman–Crippen MR) is 203 cm³/mol. The van der Waals surface area contributed by atoms with Crippen LogP contribution in [0.2, 0.25) is 0 Å². The summed E-state index contributed by atoms with van der Waals surface area (Å²) in [5.74, 6) is 0.406. The molecule has 0 radical (unpaired) electrons. The van der Waals surface area contributed by atoms with Crippen LogP contribution >= 0.6 is 0 Å². The highest BCUT2D eigenvalue weighted by molar-refractivity contribution is 5.92. The SMILES string of the molecule is C=CC.C=CCc1ccc(C2=Cc3cc(-c4ccc(C(C)(C)c5ccccc5)cc4)ccc3C2C)cc1.C=N.CCCC.CN. The molecule has 3 N–H and O–H groups in total. The van der Waals surface area contributed by atoms with Crippen molar-refractivity contribution in [2.45, 2.75) is 72.1 Å². The predicted octanol–water partition coefficient (Wildman–Crippen LogP) is 11.9. The fraction of sp³-hybridized carbons (Fsp3) is 0.279. The van der Waals surface area contributed by atoms with Crippen molar-refractivity contribution in [3.8, 4) is 11.1 Å². The van der Waals surface area contributed by atoms with Crippen molar-refractivity contribution in [1.29, 1.82) is 5.41 Å². The van der Waals surface area contributed by atoms with E-state index in [0.29, 0.717) is 5.92 Å². The minimum absolute atomic E-state index is 0.0218. The minimum Gasteiger partial charge on any atom is -0.333 e. The summed E-state index contributed by atoms with van der Waals surface area (Å²) in [6, 6.07) is 35.7. The van der Waals surface area contributed by atoms with Gasteiger partial charge in [0.05, 0.1) is 0 Å². The number of hydrogen-bond donors (Lipinski definition) is 2. The maximum Gasteiger partial charge on any atom is 0.0146 e. The molecule has 1 unspecified atom stereocenters. The Kier molecular flexibility index (Phi) is 17.8. The zero-order chi connectivity index (χ0) is 33.8. The molecule has 4 aromatic rings. The monoisotopic (exact) mass is 600 g/mol. The molecular weight excluding hydrogens is 544 g/mol. The summed E-state index contributed by atoms with van der Waals surface area (Å²) in [7, 11) is 1.50. The van der Waals surface area contributed by atoms with Crippen LogP contribution in [0.4, 0.5) is 0 Å². The molecule has 0 spiro atoms. The van der Waals surface area contributed by atoms with Crippen molar-refractivity contribution < 1.29 is 0 Å². The molecular formula is C43H56N2. The number of nitrogens with two attached hydrogens (primary N) is 1. The van der Waals surface area contributed by atoms with Gasteiger partial charge >= 0.3 is 0 Å². The fourth-order valence-electron chi connectivity index (χ4n) is 5.17. The lowest BCUT2D eigenvalue weighted by molar-refractivity contribution is 0.641. The van der Waals surface area contributed by atoms with Gasteiger partial charge in [-0.1, -0.05) is 157 Å². The zero-order valence-electron chi connectivity index (χ0n) is 28.9. The van der Waals surface area contributed by atoms with Crippen LogP contribution in [0.25, 0.3) is 22.8 Å². The van der Waals surface area contributed by atoms with E-state index >= 15 is 0 Å². The maximum atomic E-state index is 5.50. The lowest BCUT2D eigenvalue weighted by Crippen LogP contribution is -2.18. The Bertz CT molecular complexity index is 1440. The number of rotatable bonds is 7. The molecule has 0 bridgehead atoms. The van der Waals surface area contributed by atoms with Gasteiger partial charge in [-0.05, 0) is 83.3 Å². The van der Waals surface area contributed by atoms with Crippen molar-refractivity contribution >= 4 is 18.4 Å². The van der Waals surface area contributed by atoms with Gasteiger partial charge in [-0.3, -0.25) is 0 Å². The Morgan fingerprint density at radius 3 is 1.73 bits per heavy atom. The second kappa shape index (κ2) is 20.6. The van der Waals surface area contributed by atoms with Crippen molar-refractivity contribution in [2.75, 3.05) is 7.05 Å². The van der Waals surface area contributed by atoms with E-state index in [2.05, 4.69) is 163 Å². The number of hydrogen-bond acceptors (Lipinski definition) is 2. The third-order valence-corrected chi connectivity index (χ3v) is 7.93. The number of nitrogens with one attached hydrogen (secondary N) is 1. The Hall–Kier alpha value is -4.27. The van der Waals surface area contributed by atoms with E-state index in [1.165, 1.54) is 70.0 Å². The van der Waals surface area contributed by atoms with E-state index in [4.69, 9.17) is 5.41 Å². The van der Waals surface area contributed by atoms with Crippen molar-refractivity contribution in [1.82, 2.24) is 0 Å².